The molecule has 1 saturated carbocycles. The molecule has 2 aromatic carbocycles. The van der Waals surface area contributed by atoms with Crippen LogP contribution in [0.5, 0.6) is 11.5 Å². The summed E-state index contributed by atoms with van der Waals surface area (Å²) >= 11 is 1.44. The van der Waals surface area contributed by atoms with Crippen molar-refractivity contribution in [3.8, 4) is 11.5 Å². The van der Waals surface area contributed by atoms with Crippen molar-refractivity contribution in [1.29, 1.82) is 5.41 Å². The highest BCUT2D eigenvalue weighted by atomic mass is 32.2. The predicted octanol–water partition coefficient (Wildman–Crippen LogP) is 5.96. The molecule has 1 N–H and O–H groups in total. The Balaban J connectivity index is 1.20. The van der Waals surface area contributed by atoms with Crippen LogP contribution >= 0.6 is 11.8 Å². The molecule has 0 atom stereocenters. The average Bonchev–Trinajstić information content (AvgIpc) is 3.31. The quantitative estimate of drug-likeness (QED) is 0.373. The Morgan fingerprint density at radius 2 is 1.72 bits per heavy atom. The fourth-order valence-corrected chi connectivity index (χ4v) is 5.74. The van der Waals surface area contributed by atoms with Gasteiger partial charge in [0.05, 0.1) is 5.57 Å². The van der Waals surface area contributed by atoms with Gasteiger partial charge in [-0.2, -0.15) is 15.1 Å². The van der Waals surface area contributed by atoms with E-state index in [2.05, 4.69) is 10.1 Å². The molecular weight excluding hydrogens is 472 g/mol. The van der Waals surface area contributed by atoms with Gasteiger partial charge in [-0.05, 0) is 73.4 Å². The lowest BCUT2D eigenvalue weighted by molar-refractivity contribution is -0.114. The highest BCUT2D eigenvalue weighted by molar-refractivity contribution is 8.27. The van der Waals surface area contributed by atoms with Crippen LogP contribution in [0.4, 0.5) is 0 Å². The number of carbonyl (C=O) groups is 1. The minimum absolute atomic E-state index is 0.0762. The number of aliphatic imine (C=N–C) groups is 1. The first-order valence-corrected chi connectivity index (χ1v) is 13.2. The predicted molar refractivity (Wildman–Crippen MR) is 145 cm³/mol. The SMILES string of the molecule is Cc1cccc(C)c1OCCOc1ccc(/C=C2/C(=N)N3N=C(C4CCCCC4)SC3=NC2=O)cc1. The number of rotatable bonds is 7. The zero-order chi connectivity index (χ0) is 25.1. The van der Waals surface area contributed by atoms with Gasteiger partial charge in [0.1, 0.15) is 29.8 Å². The van der Waals surface area contributed by atoms with Crippen LogP contribution in [0, 0.1) is 25.2 Å². The molecule has 0 aromatic heterocycles. The van der Waals surface area contributed by atoms with Gasteiger partial charge in [-0.25, -0.2) is 0 Å². The third-order valence-electron chi connectivity index (χ3n) is 6.62. The standard InChI is InChI=1S/C28H30N4O3S/c1-18-7-6-8-19(2)24(18)35-16-15-34-22-13-11-20(12-14-22)17-23-25(29)32-28(30-26(23)33)36-27(31-32)21-9-4-3-5-10-21/h6-8,11-14,17,21,29H,3-5,9-10,15-16H2,1-2H3/b23-17-,29-25?. The van der Waals surface area contributed by atoms with Crippen molar-refractivity contribution in [2.45, 2.75) is 46.0 Å². The fraction of sp³-hybridized carbons (Fsp3) is 0.357. The molecule has 0 unspecified atom stereocenters. The van der Waals surface area contributed by atoms with Crippen LogP contribution in [0.2, 0.25) is 0 Å². The number of fused-ring (bicyclic) bond motifs is 1. The Morgan fingerprint density at radius 1 is 1.03 bits per heavy atom. The molecule has 1 amide bonds. The third kappa shape index (κ3) is 5.23. The number of nitrogens with one attached hydrogen (secondary N) is 1. The first-order chi connectivity index (χ1) is 17.5. The minimum Gasteiger partial charge on any atom is -0.490 e. The second-order valence-corrected chi connectivity index (χ2v) is 10.3. The van der Waals surface area contributed by atoms with Gasteiger partial charge in [0.2, 0.25) is 5.17 Å². The lowest BCUT2D eigenvalue weighted by atomic mass is 9.90. The fourth-order valence-electron chi connectivity index (χ4n) is 4.68. The van der Waals surface area contributed by atoms with Crippen LogP contribution in [0.1, 0.15) is 48.8 Å². The number of amidine groups is 2. The number of carbonyl (C=O) groups excluding carboxylic acids is 1. The van der Waals surface area contributed by atoms with Crippen molar-refractivity contribution in [3.63, 3.8) is 0 Å². The summed E-state index contributed by atoms with van der Waals surface area (Å²) in [5.74, 6) is 1.70. The van der Waals surface area contributed by atoms with Crippen LogP contribution < -0.4 is 9.47 Å². The van der Waals surface area contributed by atoms with Crippen molar-refractivity contribution in [1.82, 2.24) is 5.01 Å². The monoisotopic (exact) mass is 502 g/mol. The first-order valence-electron chi connectivity index (χ1n) is 12.4. The molecule has 2 aromatic rings. The summed E-state index contributed by atoms with van der Waals surface area (Å²) in [5, 5.41) is 16.3. The third-order valence-corrected chi connectivity index (χ3v) is 7.69. The van der Waals surface area contributed by atoms with Gasteiger partial charge in [0.15, 0.2) is 5.84 Å². The zero-order valence-electron chi connectivity index (χ0n) is 20.6. The van der Waals surface area contributed by atoms with Crippen molar-refractivity contribution in [2.75, 3.05) is 13.2 Å². The summed E-state index contributed by atoms with van der Waals surface area (Å²) in [7, 11) is 0. The number of para-hydroxylation sites is 1. The first kappa shape index (κ1) is 24.3. The normalized spacial score (nSPS) is 19.3. The Morgan fingerprint density at radius 3 is 2.44 bits per heavy atom. The molecule has 2 aliphatic heterocycles. The molecule has 0 bridgehead atoms. The summed E-state index contributed by atoms with van der Waals surface area (Å²) in [4.78, 5) is 16.9. The molecule has 2 heterocycles. The number of hydrogen-bond donors (Lipinski definition) is 1. The van der Waals surface area contributed by atoms with E-state index in [1.54, 1.807) is 6.08 Å². The van der Waals surface area contributed by atoms with Crippen LogP contribution in [0.25, 0.3) is 6.08 Å². The lowest BCUT2D eigenvalue weighted by Gasteiger charge is -2.20. The second kappa shape index (κ2) is 10.7. The molecule has 0 radical (unpaired) electrons. The van der Waals surface area contributed by atoms with Gasteiger partial charge >= 0.3 is 0 Å². The summed E-state index contributed by atoms with van der Waals surface area (Å²) in [6.07, 6.45) is 7.60. The molecule has 1 aliphatic carbocycles. The Bertz CT molecular complexity index is 1240. The molecule has 3 aliphatic rings. The molecule has 5 rings (SSSR count). The van der Waals surface area contributed by atoms with E-state index in [-0.39, 0.29) is 11.4 Å². The molecule has 8 heteroatoms. The van der Waals surface area contributed by atoms with E-state index in [1.165, 1.54) is 36.0 Å². The van der Waals surface area contributed by atoms with E-state index in [1.807, 2.05) is 56.3 Å². The van der Waals surface area contributed by atoms with Gasteiger partial charge in [-0.3, -0.25) is 10.2 Å². The van der Waals surface area contributed by atoms with Crippen LogP contribution in [0.15, 0.2) is 58.1 Å². The molecule has 186 valence electrons. The zero-order valence-corrected chi connectivity index (χ0v) is 21.4. The maximum Gasteiger partial charge on any atom is 0.283 e. The van der Waals surface area contributed by atoms with Crippen molar-refractivity contribution < 1.29 is 14.3 Å². The maximum atomic E-state index is 12.7. The highest BCUT2D eigenvalue weighted by Gasteiger charge is 2.37. The molecule has 0 saturated heterocycles. The van der Waals surface area contributed by atoms with Gasteiger partial charge in [-0.15, -0.1) is 0 Å². The summed E-state index contributed by atoms with van der Waals surface area (Å²) < 4.78 is 11.7. The second-order valence-electron chi connectivity index (χ2n) is 9.28. The Hall–Kier alpha value is -3.39. The van der Waals surface area contributed by atoms with Gasteiger partial charge < -0.3 is 9.47 Å². The van der Waals surface area contributed by atoms with Crippen molar-refractivity contribution in [2.24, 2.45) is 16.0 Å². The van der Waals surface area contributed by atoms with Crippen molar-refractivity contribution >= 4 is 39.8 Å². The number of aryl methyl sites for hydroxylation is 2. The Labute approximate surface area is 215 Å². The van der Waals surface area contributed by atoms with E-state index >= 15 is 0 Å². The van der Waals surface area contributed by atoms with E-state index < -0.39 is 5.91 Å². The molecular formula is C28H30N4O3S. The van der Waals surface area contributed by atoms with Crippen LogP contribution in [-0.4, -0.2) is 40.2 Å². The lowest BCUT2D eigenvalue weighted by Crippen LogP contribution is -2.35. The van der Waals surface area contributed by atoms with E-state index in [4.69, 9.17) is 14.9 Å². The van der Waals surface area contributed by atoms with Gasteiger partial charge in [0, 0.05) is 5.92 Å². The van der Waals surface area contributed by atoms with E-state index in [0.717, 1.165) is 40.3 Å². The van der Waals surface area contributed by atoms with Crippen molar-refractivity contribution in [3.05, 3.63) is 64.7 Å². The number of hydrogen-bond acceptors (Lipinski definition) is 6. The number of ether oxygens (including phenoxy) is 2. The topological polar surface area (TPSA) is 87.3 Å². The maximum absolute atomic E-state index is 12.7. The Kier molecular flexibility index (Phi) is 7.23. The molecule has 7 nitrogen and oxygen atoms in total. The average molecular weight is 503 g/mol. The molecule has 1 fully saturated rings. The van der Waals surface area contributed by atoms with Crippen LogP contribution in [0.3, 0.4) is 0 Å². The minimum atomic E-state index is -0.400. The molecule has 36 heavy (non-hydrogen) atoms. The summed E-state index contributed by atoms with van der Waals surface area (Å²) in [5.41, 5.74) is 3.25. The number of nitrogens with zero attached hydrogens (tertiary/aromatic N) is 3. The van der Waals surface area contributed by atoms with E-state index in [0.29, 0.717) is 30.0 Å². The highest BCUT2D eigenvalue weighted by Crippen LogP contribution is 2.36. The van der Waals surface area contributed by atoms with Crippen LogP contribution in [-0.2, 0) is 4.79 Å². The van der Waals surface area contributed by atoms with Gasteiger partial charge in [-0.1, -0.05) is 49.6 Å². The number of thioether (sulfide) groups is 1. The summed E-state index contributed by atoms with van der Waals surface area (Å²) in [6, 6.07) is 13.5. The number of hydrazone groups is 1. The number of benzene rings is 2. The largest absolute Gasteiger partial charge is 0.490 e. The van der Waals surface area contributed by atoms with E-state index in [9.17, 15) is 4.79 Å². The molecule has 0 spiro atoms. The summed E-state index contributed by atoms with van der Waals surface area (Å²) in [6.45, 7) is 4.93. The smallest absolute Gasteiger partial charge is 0.283 e. The van der Waals surface area contributed by atoms with Gasteiger partial charge in [0.25, 0.3) is 5.91 Å². The number of amides is 1.